The van der Waals surface area contributed by atoms with E-state index in [-0.39, 0.29) is 26.5 Å². The number of hydrogen-bond acceptors (Lipinski definition) is 3. The molecule has 0 N–H and O–H groups in total. The van der Waals surface area contributed by atoms with Crippen LogP contribution in [0.15, 0.2) is 0 Å². The summed E-state index contributed by atoms with van der Waals surface area (Å²) in [6.45, 7) is 0. The van der Waals surface area contributed by atoms with E-state index in [2.05, 4.69) is 4.74 Å². The highest BCUT2D eigenvalue weighted by Gasteiger charge is 2.15. The molecule has 3 nitrogen and oxygen atoms in total. The Kier molecular flexibility index (Phi) is 1.59. The number of hydrogen-bond donors (Lipinski definition) is 0. The SMILES string of the molecule is O=C1CC(=O)PCO1. The summed E-state index contributed by atoms with van der Waals surface area (Å²) in [6.07, 6.45) is 0.288. The third kappa shape index (κ3) is 1.27. The van der Waals surface area contributed by atoms with Gasteiger partial charge >= 0.3 is 5.97 Å². The van der Waals surface area contributed by atoms with E-state index in [4.69, 9.17) is 0 Å². The molecule has 0 amide bonds. The molecule has 1 rings (SSSR count). The molecule has 0 bridgehead atoms. The van der Waals surface area contributed by atoms with E-state index in [1.165, 1.54) is 0 Å². The van der Waals surface area contributed by atoms with Crippen molar-refractivity contribution in [1.82, 2.24) is 0 Å². The molecule has 1 fully saturated rings. The van der Waals surface area contributed by atoms with Crippen molar-refractivity contribution in [3.8, 4) is 0 Å². The van der Waals surface area contributed by atoms with Gasteiger partial charge in [0, 0.05) is 0 Å². The second-order valence-electron chi connectivity index (χ2n) is 1.44. The predicted octanol–water partition coefficient (Wildman–Crippen LogP) is 0.0959. The van der Waals surface area contributed by atoms with E-state index in [0.29, 0.717) is 6.35 Å². The van der Waals surface area contributed by atoms with Crippen LogP contribution in [-0.2, 0) is 14.3 Å². The maximum Gasteiger partial charge on any atom is 0.314 e. The fourth-order valence-electron chi connectivity index (χ4n) is 0.442. The van der Waals surface area contributed by atoms with Crippen molar-refractivity contribution in [1.29, 1.82) is 0 Å². The van der Waals surface area contributed by atoms with Crippen LogP contribution in [0.1, 0.15) is 6.42 Å². The summed E-state index contributed by atoms with van der Waals surface area (Å²) in [5, 5.41) is 0. The average molecular weight is 132 g/mol. The number of carbonyl (C=O) groups excluding carboxylic acids is 2. The van der Waals surface area contributed by atoms with Crippen molar-refractivity contribution in [3.05, 3.63) is 0 Å². The van der Waals surface area contributed by atoms with Gasteiger partial charge in [0.25, 0.3) is 0 Å². The Morgan fingerprint density at radius 2 is 2.25 bits per heavy atom. The Bertz CT molecular complexity index is 117. The van der Waals surface area contributed by atoms with Crippen molar-refractivity contribution in [2.45, 2.75) is 6.42 Å². The van der Waals surface area contributed by atoms with Gasteiger partial charge in [0.15, 0.2) is 5.52 Å². The lowest BCUT2D eigenvalue weighted by atomic mass is 10.5. The molecule has 0 aliphatic carbocycles. The molecule has 0 aromatic heterocycles. The maximum atomic E-state index is 10.4. The molecule has 4 heteroatoms. The summed E-state index contributed by atoms with van der Waals surface area (Å²) in [7, 11) is 0.179. The second kappa shape index (κ2) is 2.23. The molecule has 0 saturated carbocycles. The first-order valence-corrected chi connectivity index (χ1v) is 3.42. The molecule has 1 atom stereocenters. The molecule has 0 aromatic rings. The average Bonchev–Trinajstić information content (AvgIpc) is 1.64. The summed E-state index contributed by atoms with van der Waals surface area (Å²) in [5.41, 5.74) is 0.0150. The third-order valence-electron chi connectivity index (χ3n) is 0.807. The monoisotopic (exact) mass is 132 g/mol. The molecule has 1 aliphatic rings. The maximum absolute atomic E-state index is 10.4. The van der Waals surface area contributed by atoms with Crippen molar-refractivity contribution in [3.63, 3.8) is 0 Å². The number of ether oxygens (including phenoxy) is 1. The minimum Gasteiger partial charge on any atom is -0.461 e. The van der Waals surface area contributed by atoms with E-state index in [9.17, 15) is 9.59 Å². The molecule has 1 unspecified atom stereocenters. The highest BCUT2D eigenvalue weighted by atomic mass is 31.1. The summed E-state index contributed by atoms with van der Waals surface area (Å²) in [4.78, 5) is 20.6. The van der Waals surface area contributed by atoms with Crippen LogP contribution in [0.4, 0.5) is 0 Å². The zero-order valence-electron chi connectivity index (χ0n) is 4.14. The van der Waals surface area contributed by atoms with Crippen LogP contribution < -0.4 is 0 Å². The van der Waals surface area contributed by atoms with Crippen molar-refractivity contribution in [2.24, 2.45) is 0 Å². The van der Waals surface area contributed by atoms with Crippen LogP contribution in [0.3, 0.4) is 0 Å². The molecule has 0 spiro atoms. The first kappa shape index (κ1) is 5.70. The quantitative estimate of drug-likeness (QED) is 0.266. The van der Waals surface area contributed by atoms with Gasteiger partial charge in [-0.3, -0.25) is 9.59 Å². The van der Waals surface area contributed by atoms with Crippen LogP contribution in [-0.4, -0.2) is 17.8 Å². The van der Waals surface area contributed by atoms with Crippen LogP contribution in [0.5, 0.6) is 0 Å². The number of cyclic esters (lactones) is 1. The summed E-state index contributed by atoms with van der Waals surface area (Å²) in [6, 6.07) is 0. The molecular weight excluding hydrogens is 127 g/mol. The molecular formula is C4H5O3P. The van der Waals surface area contributed by atoms with Gasteiger partial charge in [-0.2, -0.15) is 0 Å². The minimum absolute atomic E-state index is 0.0150. The number of carbonyl (C=O) groups is 2. The Hall–Kier alpha value is -0.430. The van der Waals surface area contributed by atoms with Gasteiger partial charge in [-0.25, -0.2) is 0 Å². The fourth-order valence-corrected chi connectivity index (χ4v) is 1.11. The van der Waals surface area contributed by atoms with Crippen molar-refractivity contribution < 1.29 is 14.3 Å². The molecule has 1 heterocycles. The topological polar surface area (TPSA) is 43.4 Å². The third-order valence-corrected chi connectivity index (χ3v) is 1.67. The summed E-state index contributed by atoms with van der Waals surface area (Å²) < 4.78 is 4.50. The number of esters is 1. The number of rotatable bonds is 0. The molecule has 44 valence electrons. The molecule has 0 aromatic carbocycles. The normalized spacial score (nSPS) is 23.5. The van der Waals surface area contributed by atoms with Gasteiger partial charge in [0.2, 0.25) is 0 Å². The Labute approximate surface area is 48.2 Å². The first-order valence-electron chi connectivity index (χ1n) is 2.21. The van der Waals surface area contributed by atoms with E-state index in [1.807, 2.05) is 0 Å². The molecule has 1 saturated heterocycles. The highest BCUT2D eigenvalue weighted by Crippen LogP contribution is 2.19. The Balaban J connectivity index is 2.45. The Morgan fingerprint density at radius 1 is 1.50 bits per heavy atom. The van der Waals surface area contributed by atoms with Crippen molar-refractivity contribution >= 4 is 20.1 Å². The largest absolute Gasteiger partial charge is 0.461 e. The van der Waals surface area contributed by atoms with Gasteiger partial charge < -0.3 is 4.74 Å². The smallest absolute Gasteiger partial charge is 0.314 e. The lowest BCUT2D eigenvalue weighted by Crippen LogP contribution is -2.13. The predicted molar refractivity (Wildman–Crippen MR) is 28.9 cm³/mol. The summed E-state index contributed by atoms with van der Waals surface area (Å²) >= 11 is 0. The van der Waals surface area contributed by atoms with Crippen LogP contribution in [0, 0.1) is 0 Å². The lowest BCUT2D eigenvalue weighted by Gasteiger charge is -2.07. The van der Waals surface area contributed by atoms with Crippen LogP contribution in [0.2, 0.25) is 0 Å². The van der Waals surface area contributed by atoms with Gasteiger partial charge in [-0.15, -0.1) is 0 Å². The first-order chi connectivity index (χ1) is 3.79. The van der Waals surface area contributed by atoms with Gasteiger partial charge in [0.1, 0.15) is 12.8 Å². The summed E-state index contributed by atoms with van der Waals surface area (Å²) in [5.74, 6) is -0.381. The Morgan fingerprint density at radius 3 is 2.62 bits per heavy atom. The minimum atomic E-state index is -0.381. The van der Waals surface area contributed by atoms with Gasteiger partial charge in [-0.05, 0) is 8.58 Å². The van der Waals surface area contributed by atoms with Gasteiger partial charge in [0.05, 0.1) is 0 Å². The van der Waals surface area contributed by atoms with E-state index >= 15 is 0 Å². The zero-order chi connectivity index (χ0) is 5.98. The highest BCUT2D eigenvalue weighted by molar-refractivity contribution is 7.58. The van der Waals surface area contributed by atoms with E-state index < -0.39 is 0 Å². The molecule has 0 radical (unpaired) electrons. The zero-order valence-corrected chi connectivity index (χ0v) is 5.14. The molecule has 1 aliphatic heterocycles. The standard InChI is InChI=1S/C4H5O3P/c5-3-1-4(6)8-2-7-3/h8H,1-2H2. The lowest BCUT2D eigenvalue weighted by molar-refractivity contribution is -0.144. The van der Waals surface area contributed by atoms with Crippen molar-refractivity contribution in [2.75, 3.05) is 6.35 Å². The fraction of sp³-hybridized carbons (Fsp3) is 0.500. The van der Waals surface area contributed by atoms with Crippen LogP contribution >= 0.6 is 8.58 Å². The van der Waals surface area contributed by atoms with E-state index in [1.54, 1.807) is 0 Å². The van der Waals surface area contributed by atoms with E-state index in [0.717, 1.165) is 0 Å². The second-order valence-corrected chi connectivity index (χ2v) is 2.64. The van der Waals surface area contributed by atoms with Crippen LogP contribution in [0.25, 0.3) is 0 Å². The van der Waals surface area contributed by atoms with Gasteiger partial charge in [-0.1, -0.05) is 0 Å². The molecule has 8 heavy (non-hydrogen) atoms.